The third kappa shape index (κ3) is 12.8. The molecule has 0 saturated carbocycles. The lowest BCUT2D eigenvalue weighted by molar-refractivity contribution is 0.132. The van der Waals surface area contributed by atoms with Crippen LogP contribution in [0.2, 0.25) is 18.1 Å². The lowest BCUT2D eigenvalue weighted by Gasteiger charge is -2.40. The standard InChI is InChI=1S/C26H59N3OSi/c1-10-19-27(6)22-15-26(16-23-28(7)20-11-2,17-24-29(8)21-12-3)18-25-31(13-4,14-5)30-9/h10-25H2,1-9H3. The van der Waals surface area contributed by atoms with Crippen molar-refractivity contribution in [3.63, 3.8) is 0 Å². The average Bonchev–Trinajstić information content (AvgIpc) is 2.76. The Hall–Kier alpha value is 0.0569. The van der Waals surface area contributed by atoms with E-state index in [2.05, 4.69) is 70.5 Å². The number of rotatable bonds is 21. The zero-order valence-electron chi connectivity index (χ0n) is 23.1. The highest BCUT2D eigenvalue weighted by Gasteiger charge is 2.36. The molecule has 0 aromatic carbocycles. The summed E-state index contributed by atoms with van der Waals surface area (Å²) < 4.78 is 6.23. The van der Waals surface area contributed by atoms with E-state index in [4.69, 9.17) is 4.43 Å². The van der Waals surface area contributed by atoms with Crippen LogP contribution in [0.15, 0.2) is 0 Å². The second-order valence-electron chi connectivity index (χ2n) is 10.3. The molecule has 0 amide bonds. The normalized spacial score (nSPS) is 13.2. The van der Waals surface area contributed by atoms with Crippen molar-refractivity contribution in [1.82, 2.24) is 14.7 Å². The van der Waals surface area contributed by atoms with Crippen LogP contribution in [0.4, 0.5) is 0 Å². The third-order valence-corrected chi connectivity index (χ3v) is 12.3. The first kappa shape index (κ1) is 31.1. The monoisotopic (exact) mass is 457 g/mol. The van der Waals surface area contributed by atoms with E-state index >= 15 is 0 Å². The van der Waals surface area contributed by atoms with Crippen LogP contribution in [0, 0.1) is 5.41 Å². The minimum absolute atomic E-state index is 0.424. The van der Waals surface area contributed by atoms with Gasteiger partial charge in [0, 0.05) is 7.11 Å². The number of hydrogen-bond acceptors (Lipinski definition) is 4. The Morgan fingerprint density at radius 3 is 1.19 bits per heavy atom. The second-order valence-corrected chi connectivity index (χ2v) is 14.9. The molecule has 0 atom stereocenters. The predicted molar refractivity (Wildman–Crippen MR) is 143 cm³/mol. The fraction of sp³-hybridized carbons (Fsp3) is 1.00. The Labute approximate surface area is 198 Å². The third-order valence-electron chi connectivity index (χ3n) is 7.72. The first-order valence-corrected chi connectivity index (χ1v) is 15.9. The maximum atomic E-state index is 6.23. The van der Waals surface area contributed by atoms with E-state index in [1.54, 1.807) is 0 Å². The van der Waals surface area contributed by atoms with E-state index in [0.29, 0.717) is 5.41 Å². The Balaban J connectivity index is 5.58. The molecule has 188 valence electrons. The quantitative estimate of drug-likeness (QED) is 0.191. The molecule has 0 fully saturated rings. The van der Waals surface area contributed by atoms with Crippen molar-refractivity contribution < 1.29 is 4.43 Å². The van der Waals surface area contributed by atoms with E-state index < -0.39 is 8.32 Å². The van der Waals surface area contributed by atoms with Gasteiger partial charge in [-0.3, -0.25) is 0 Å². The van der Waals surface area contributed by atoms with Crippen molar-refractivity contribution in [3.05, 3.63) is 0 Å². The molecule has 0 spiro atoms. The summed E-state index contributed by atoms with van der Waals surface area (Å²) in [5, 5.41) is 0. The number of hydrogen-bond donors (Lipinski definition) is 0. The van der Waals surface area contributed by atoms with Crippen molar-refractivity contribution in [2.75, 3.05) is 67.5 Å². The summed E-state index contributed by atoms with van der Waals surface area (Å²) in [5.41, 5.74) is 0.424. The van der Waals surface area contributed by atoms with Gasteiger partial charge in [0.25, 0.3) is 0 Å². The van der Waals surface area contributed by atoms with Gasteiger partial charge < -0.3 is 19.1 Å². The van der Waals surface area contributed by atoms with E-state index in [-0.39, 0.29) is 0 Å². The van der Waals surface area contributed by atoms with Crippen LogP contribution >= 0.6 is 0 Å². The Kier molecular flexibility index (Phi) is 17.6. The summed E-state index contributed by atoms with van der Waals surface area (Å²) in [6.07, 6.45) is 9.05. The number of nitrogens with zero attached hydrogens (tertiary/aromatic N) is 3. The van der Waals surface area contributed by atoms with Crippen LogP contribution < -0.4 is 0 Å². The van der Waals surface area contributed by atoms with Gasteiger partial charge in [0.15, 0.2) is 8.32 Å². The van der Waals surface area contributed by atoms with Gasteiger partial charge in [0.2, 0.25) is 0 Å². The molecule has 0 radical (unpaired) electrons. The fourth-order valence-electron chi connectivity index (χ4n) is 5.00. The van der Waals surface area contributed by atoms with Crippen LogP contribution in [-0.4, -0.2) is 90.5 Å². The molecule has 0 bridgehead atoms. The minimum atomic E-state index is -1.58. The largest absolute Gasteiger partial charge is 0.420 e. The SMILES string of the molecule is CCCN(C)CCC(CCN(C)CCC)(CCN(C)CCC)CC[Si](CC)(CC)OC. The summed E-state index contributed by atoms with van der Waals surface area (Å²) >= 11 is 0. The molecule has 0 aromatic rings. The molecule has 4 nitrogen and oxygen atoms in total. The van der Waals surface area contributed by atoms with Crippen molar-refractivity contribution in [2.45, 2.75) is 97.7 Å². The zero-order chi connectivity index (χ0) is 23.8. The lowest BCUT2D eigenvalue weighted by atomic mass is 9.75. The fourth-order valence-corrected chi connectivity index (χ4v) is 7.98. The Bertz CT molecular complexity index is 368. The average molecular weight is 458 g/mol. The zero-order valence-corrected chi connectivity index (χ0v) is 24.1. The van der Waals surface area contributed by atoms with Crippen LogP contribution in [0.25, 0.3) is 0 Å². The highest BCUT2D eigenvalue weighted by atomic mass is 28.4. The first-order valence-electron chi connectivity index (χ1n) is 13.4. The van der Waals surface area contributed by atoms with Gasteiger partial charge in [0.05, 0.1) is 0 Å². The minimum Gasteiger partial charge on any atom is -0.420 e. The molecule has 0 aromatic heterocycles. The lowest BCUT2D eigenvalue weighted by Crippen LogP contribution is -2.40. The van der Waals surface area contributed by atoms with E-state index in [0.717, 1.165) is 0 Å². The molecular weight excluding hydrogens is 398 g/mol. The molecule has 0 aliphatic heterocycles. The highest BCUT2D eigenvalue weighted by molar-refractivity contribution is 6.73. The Morgan fingerprint density at radius 1 is 0.581 bits per heavy atom. The Morgan fingerprint density at radius 2 is 0.935 bits per heavy atom. The summed E-state index contributed by atoms with van der Waals surface area (Å²) in [4.78, 5) is 7.67. The smallest absolute Gasteiger partial charge is 0.191 e. The summed E-state index contributed by atoms with van der Waals surface area (Å²) in [6, 6.07) is 3.82. The van der Waals surface area contributed by atoms with Gasteiger partial charge in [-0.1, -0.05) is 34.6 Å². The summed E-state index contributed by atoms with van der Waals surface area (Å²) in [6.45, 7) is 18.9. The molecule has 0 N–H and O–H groups in total. The van der Waals surface area contributed by atoms with E-state index in [1.807, 2.05) is 7.11 Å². The van der Waals surface area contributed by atoms with Crippen molar-refractivity contribution in [1.29, 1.82) is 0 Å². The summed E-state index contributed by atoms with van der Waals surface area (Å²) in [7, 11) is 7.34. The highest BCUT2D eigenvalue weighted by Crippen LogP contribution is 2.40. The molecule has 0 heterocycles. The molecule has 0 unspecified atom stereocenters. The molecular formula is C26H59N3OSi. The van der Waals surface area contributed by atoms with Crippen molar-refractivity contribution in [2.24, 2.45) is 5.41 Å². The van der Waals surface area contributed by atoms with Gasteiger partial charge in [-0.05, 0) is 129 Å². The maximum Gasteiger partial charge on any atom is 0.191 e. The van der Waals surface area contributed by atoms with Crippen molar-refractivity contribution >= 4 is 8.32 Å². The molecule has 0 saturated heterocycles. The first-order chi connectivity index (χ1) is 14.8. The van der Waals surface area contributed by atoms with Gasteiger partial charge in [-0.25, -0.2) is 0 Å². The van der Waals surface area contributed by atoms with Crippen molar-refractivity contribution in [3.8, 4) is 0 Å². The topological polar surface area (TPSA) is 19.0 Å². The van der Waals surface area contributed by atoms with E-state index in [1.165, 1.54) is 102 Å². The van der Waals surface area contributed by atoms with Crippen LogP contribution in [-0.2, 0) is 4.43 Å². The molecule has 0 rings (SSSR count). The van der Waals surface area contributed by atoms with Crippen LogP contribution in [0.3, 0.4) is 0 Å². The summed E-state index contributed by atoms with van der Waals surface area (Å²) in [5.74, 6) is 0. The molecule has 5 heteroatoms. The molecule has 0 aliphatic carbocycles. The van der Waals surface area contributed by atoms with Gasteiger partial charge in [0.1, 0.15) is 0 Å². The van der Waals surface area contributed by atoms with Crippen LogP contribution in [0.5, 0.6) is 0 Å². The second kappa shape index (κ2) is 17.5. The molecule has 0 aliphatic rings. The van der Waals surface area contributed by atoms with Gasteiger partial charge >= 0.3 is 0 Å². The maximum absolute atomic E-state index is 6.23. The van der Waals surface area contributed by atoms with Gasteiger partial charge in [-0.2, -0.15) is 0 Å². The van der Waals surface area contributed by atoms with E-state index in [9.17, 15) is 0 Å². The van der Waals surface area contributed by atoms with Crippen LogP contribution in [0.1, 0.15) is 79.6 Å². The predicted octanol–water partition coefficient (Wildman–Crippen LogP) is 6.19. The van der Waals surface area contributed by atoms with Gasteiger partial charge in [-0.15, -0.1) is 0 Å². The molecule has 31 heavy (non-hydrogen) atoms.